The molecule has 0 aromatic carbocycles. The van der Waals surface area contributed by atoms with Crippen LogP contribution in [0, 0.1) is 11.3 Å². The number of hydrogen-bond acceptors (Lipinski definition) is 3. The molecule has 0 spiro atoms. The van der Waals surface area contributed by atoms with Gasteiger partial charge in [0.2, 0.25) is 0 Å². The van der Waals surface area contributed by atoms with Crippen LogP contribution in [0.2, 0.25) is 0 Å². The molecule has 2 fully saturated rings. The molecule has 1 aliphatic carbocycles. The molecule has 0 bridgehead atoms. The van der Waals surface area contributed by atoms with Crippen molar-refractivity contribution in [2.75, 3.05) is 19.8 Å². The quantitative estimate of drug-likeness (QED) is 0.804. The van der Waals surface area contributed by atoms with Crippen molar-refractivity contribution in [1.29, 1.82) is 0 Å². The zero-order valence-corrected chi connectivity index (χ0v) is 13.9. The maximum atomic E-state index is 5.35. The van der Waals surface area contributed by atoms with Crippen LogP contribution in [0.4, 0.5) is 0 Å². The fourth-order valence-electron chi connectivity index (χ4n) is 3.31. The summed E-state index contributed by atoms with van der Waals surface area (Å²) in [4.78, 5) is 0. The van der Waals surface area contributed by atoms with Crippen LogP contribution in [-0.2, 0) is 4.74 Å². The molecule has 0 aromatic rings. The third-order valence-corrected chi connectivity index (χ3v) is 6.78. The van der Waals surface area contributed by atoms with E-state index in [1.807, 2.05) is 0 Å². The van der Waals surface area contributed by atoms with Crippen molar-refractivity contribution in [2.24, 2.45) is 11.3 Å². The third-order valence-electron chi connectivity index (χ3n) is 5.25. The molecular formula is C16H31NOS. The molecule has 2 rings (SSSR count). The topological polar surface area (TPSA) is 21.3 Å². The Morgan fingerprint density at radius 2 is 1.95 bits per heavy atom. The normalized spacial score (nSPS) is 33.2. The van der Waals surface area contributed by atoms with E-state index in [1.54, 1.807) is 0 Å². The van der Waals surface area contributed by atoms with Crippen molar-refractivity contribution in [3.63, 3.8) is 0 Å². The molecule has 19 heavy (non-hydrogen) atoms. The van der Waals surface area contributed by atoms with E-state index in [1.165, 1.54) is 25.7 Å². The summed E-state index contributed by atoms with van der Waals surface area (Å²) in [5.41, 5.74) is 0.506. The molecule has 2 nitrogen and oxygen atoms in total. The van der Waals surface area contributed by atoms with Gasteiger partial charge >= 0.3 is 0 Å². The Balaban J connectivity index is 1.95. The zero-order chi connectivity index (χ0) is 13.9. The van der Waals surface area contributed by atoms with E-state index in [9.17, 15) is 0 Å². The fraction of sp³-hybridized carbons (Fsp3) is 1.00. The summed E-state index contributed by atoms with van der Waals surface area (Å²) in [6.07, 6.45) is 5.44. The van der Waals surface area contributed by atoms with Crippen LogP contribution in [0.3, 0.4) is 0 Å². The molecule has 0 aromatic heterocycles. The van der Waals surface area contributed by atoms with E-state index >= 15 is 0 Å². The first-order chi connectivity index (χ1) is 9.06. The Morgan fingerprint density at radius 1 is 1.21 bits per heavy atom. The molecule has 0 radical (unpaired) electrons. The van der Waals surface area contributed by atoms with Gasteiger partial charge in [-0.2, -0.15) is 0 Å². The number of nitrogens with one attached hydrogen (secondary N) is 1. The van der Waals surface area contributed by atoms with Crippen LogP contribution in [0.5, 0.6) is 0 Å². The summed E-state index contributed by atoms with van der Waals surface area (Å²) in [5.74, 6) is 0.894. The van der Waals surface area contributed by atoms with Crippen LogP contribution in [0.1, 0.15) is 53.4 Å². The summed E-state index contributed by atoms with van der Waals surface area (Å²) >= 11 is 2.20. The first kappa shape index (κ1) is 15.7. The van der Waals surface area contributed by atoms with Gasteiger partial charge < -0.3 is 10.1 Å². The number of ether oxygens (including phenoxy) is 1. The second-order valence-corrected chi connectivity index (χ2v) is 8.39. The van der Waals surface area contributed by atoms with Gasteiger partial charge in [-0.25, -0.2) is 0 Å². The fourth-order valence-corrected chi connectivity index (χ4v) is 4.92. The summed E-state index contributed by atoms with van der Waals surface area (Å²) in [6, 6.07) is 0.722. The van der Waals surface area contributed by atoms with Crippen LogP contribution in [-0.4, -0.2) is 36.3 Å². The second kappa shape index (κ2) is 6.82. The Bertz CT molecular complexity index is 278. The number of hydrogen-bond donors (Lipinski definition) is 1. The monoisotopic (exact) mass is 285 g/mol. The lowest BCUT2D eigenvalue weighted by molar-refractivity contribution is 0.0447. The smallest absolute Gasteiger partial charge is 0.0608 e. The Kier molecular flexibility index (Phi) is 5.62. The standard InChI is InChI=1S/C16H31NOS/c1-5-16(3,4)12-7-8-14(17-6-2)15(9-12)19-13-10-18-11-13/h12-15,17H,5-11H2,1-4H3. The molecule has 112 valence electrons. The van der Waals surface area contributed by atoms with Crippen LogP contribution >= 0.6 is 11.8 Å². The van der Waals surface area contributed by atoms with Gasteiger partial charge in [-0.3, -0.25) is 0 Å². The maximum Gasteiger partial charge on any atom is 0.0608 e. The molecule has 1 saturated heterocycles. The van der Waals surface area contributed by atoms with Crippen molar-refractivity contribution in [1.82, 2.24) is 5.32 Å². The van der Waals surface area contributed by atoms with Gasteiger partial charge in [0.05, 0.1) is 18.5 Å². The summed E-state index contributed by atoms with van der Waals surface area (Å²) in [5, 5.41) is 5.27. The lowest BCUT2D eigenvalue weighted by Gasteiger charge is -2.44. The van der Waals surface area contributed by atoms with E-state index in [2.05, 4.69) is 44.8 Å². The molecule has 1 saturated carbocycles. The minimum absolute atomic E-state index is 0.506. The van der Waals surface area contributed by atoms with E-state index in [0.717, 1.165) is 42.2 Å². The molecule has 0 amide bonds. The lowest BCUT2D eigenvalue weighted by atomic mass is 9.68. The zero-order valence-electron chi connectivity index (χ0n) is 13.1. The molecule has 3 heteroatoms. The van der Waals surface area contributed by atoms with Crippen molar-refractivity contribution in [3.8, 4) is 0 Å². The first-order valence-electron chi connectivity index (χ1n) is 8.03. The summed E-state index contributed by atoms with van der Waals surface area (Å²) < 4.78 is 5.35. The average Bonchev–Trinajstić information content (AvgIpc) is 2.35. The number of thioether (sulfide) groups is 1. The highest BCUT2D eigenvalue weighted by atomic mass is 32.2. The van der Waals surface area contributed by atoms with Gasteiger partial charge in [0.25, 0.3) is 0 Å². The summed E-state index contributed by atoms with van der Waals surface area (Å²) in [7, 11) is 0. The van der Waals surface area contributed by atoms with Crippen LogP contribution in [0.15, 0.2) is 0 Å². The van der Waals surface area contributed by atoms with Gasteiger partial charge in [0, 0.05) is 11.3 Å². The van der Waals surface area contributed by atoms with E-state index in [-0.39, 0.29) is 0 Å². The van der Waals surface area contributed by atoms with Crippen molar-refractivity contribution >= 4 is 11.8 Å². The van der Waals surface area contributed by atoms with Gasteiger partial charge in [-0.1, -0.05) is 34.1 Å². The van der Waals surface area contributed by atoms with E-state index < -0.39 is 0 Å². The molecule has 3 atom stereocenters. The highest BCUT2D eigenvalue weighted by Crippen LogP contribution is 2.44. The highest BCUT2D eigenvalue weighted by molar-refractivity contribution is 8.00. The maximum absolute atomic E-state index is 5.35. The molecule has 2 aliphatic rings. The van der Waals surface area contributed by atoms with Crippen molar-refractivity contribution in [3.05, 3.63) is 0 Å². The molecule has 1 N–H and O–H groups in total. The van der Waals surface area contributed by atoms with E-state index in [4.69, 9.17) is 4.74 Å². The minimum atomic E-state index is 0.506. The van der Waals surface area contributed by atoms with Gasteiger partial charge in [0.1, 0.15) is 0 Å². The molecule has 3 unspecified atom stereocenters. The van der Waals surface area contributed by atoms with Gasteiger partial charge in [0.15, 0.2) is 0 Å². The van der Waals surface area contributed by atoms with Crippen LogP contribution < -0.4 is 5.32 Å². The molecule has 1 aliphatic heterocycles. The van der Waals surface area contributed by atoms with Gasteiger partial charge in [-0.05, 0) is 37.1 Å². The predicted molar refractivity (Wildman–Crippen MR) is 84.9 cm³/mol. The SMILES string of the molecule is CCNC1CCC(C(C)(C)CC)CC1SC1COC1. The Hall–Kier alpha value is 0.270. The molecular weight excluding hydrogens is 254 g/mol. The van der Waals surface area contributed by atoms with Gasteiger partial charge in [-0.15, -0.1) is 11.8 Å². The largest absolute Gasteiger partial charge is 0.379 e. The Morgan fingerprint density at radius 3 is 2.47 bits per heavy atom. The predicted octanol–water partition coefficient (Wildman–Crippen LogP) is 3.70. The molecule has 1 heterocycles. The average molecular weight is 285 g/mol. The van der Waals surface area contributed by atoms with Crippen molar-refractivity contribution in [2.45, 2.75) is 69.9 Å². The minimum Gasteiger partial charge on any atom is -0.379 e. The Labute approximate surface area is 123 Å². The summed E-state index contributed by atoms with van der Waals surface area (Å²) in [6.45, 7) is 12.5. The highest BCUT2D eigenvalue weighted by Gasteiger charge is 2.38. The third kappa shape index (κ3) is 3.89. The van der Waals surface area contributed by atoms with E-state index in [0.29, 0.717) is 5.41 Å². The van der Waals surface area contributed by atoms with Crippen molar-refractivity contribution < 1.29 is 4.74 Å². The first-order valence-corrected chi connectivity index (χ1v) is 8.97. The van der Waals surface area contributed by atoms with Crippen LogP contribution in [0.25, 0.3) is 0 Å². The second-order valence-electron chi connectivity index (χ2n) is 6.85. The lowest BCUT2D eigenvalue weighted by Crippen LogP contribution is -2.47. The number of rotatable bonds is 6.